The van der Waals surface area contributed by atoms with Crippen LogP contribution in [0.1, 0.15) is 52.4 Å². The van der Waals surface area contributed by atoms with Gasteiger partial charge in [0.2, 0.25) is 0 Å². The van der Waals surface area contributed by atoms with E-state index in [1.54, 1.807) is 6.33 Å². The Labute approximate surface area is 126 Å². The van der Waals surface area contributed by atoms with Crippen molar-refractivity contribution in [3.05, 3.63) is 12.4 Å². The summed E-state index contributed by atoms with van der Waals surface area (Å²) in [7, 11) is 0. The lowest BCUT2D eigenvalue weighted by Crippen LogP contribution is -2.61. The van der Waals surface area contributed by atoms with E-state index in [0.29, 0.717) is 16.6 Å². The van der Waals surface area contributed by atoms with Crippen LogP contribution in [0.25, 0.3) is 0 Å². The molecule has 0 amide bonds. The number of rotatable bonds is 3. The second kappa shape index (κ2) is 4.09. The van der Waals surface area contributed by atoms with Crippen LogP contribution in [0.3, 0.4) is 0 Å². The number of hydrogen-bond acceptors (Lipinski definition) is 5. The Balaban J connectivity index is 1.65. The Morgan fingerprint density at radius 1 is 1.05 bits per heavy atom. The summed E-state index contributed by atoms with van der Waals surface area (Å²) in [4.78, 5) is 8.48. The zero-order chi connectivity index (χ0) is 14.7. The van der Waals surface area contributed by atoms with Gasteiger partial charge in [-0.3, -0.25) is 0 Å². The van der Waals surface area contributed by atoms with Gasteiger partial charge in [0.25, 0.3) is 0 Å². The summed E-state index contributed by atoms with van der Waals surface area (Å²) in [5.74, 6) is 7.88. The highest BCUT2D eigenvalue weighted by Gasteiger charge is 2.60. The van der Waals surface area contributed by atoms with Gasteiger partial charge in [-0.1, -0.05) is 13.8 Å². The van der Waals surface area contributed by atoms with Gasteiger partial charge >= 0.3 is 0 Å². The third-order valence-electron chi connectivity index (χ3n) is 5.83. The zero-order valence-electron chi connectivity index (χ0n) is 12.9. The molecule has 5 nitrogen and oxygen atoms in total. The first kappa shape index (κ1) is 13.3. The first-order valence-electron chi connectivity index (χ1n) is 7.99. The highest BCUT2D eigenvalue weighted by atomic mass is 15.3. The van der Waals surface area contributed by atoms with E-state index in [9.17, 15) is 0 Å². The fourth-order valence-corrected chi connectivity index (χ4v) is 6.36. The molecule has 4 N–H and O–H groups in total. The molecule has 4 bridgehead atoms. The molecule has 0 aromatic carbocycles. The molecule has 2 atom stereocenters. The first-order valence-corrected chi connectivity index (χ1v) is 7.99. The molecule has 1 heterocycles. The van der Waals surface area contributed by atoms with Crippen LogP contribution >= 0.6 is 0 Å². The predicted molar refractivity (Wildman–Crippen MR) is 83.6 cm³/mol. The summed E-state index contributed by atoms with van der Waals surface area (Å²) >= 11 is 0. The maximum atomic E-state index is 5.45. The number of nitrogens with zero attached hydrogens (tertiary/aromatic N) is 2. The van der Waals surface area contributed by atoms with Gasteiger partial charge in [0.15, 0.2) is 0 Å². The normalized spacial score (nSPS) is 43.9. The molecule has 4 fully saturated rings. The van der Waals surface area contributed by atoms with Gasteiger partial charge < -0.3 is 10.7 Å². The van der Waals surface area contributed by atoms with Crippen molar-refractivity contribution in [3.8, 4) is 0 Å². The van der Waals surface area contributed by atoms with E-state index >= 15 is 0 Å². The smallest absolute Gasteiger partial charge is 0.145 e. The van der Waals surface area contributed by atoms with Crippen molar-refractivity contribution in [3.63, 3.8) is 0 Å². The molecule has 4 aliphatic carbocycles. The Kier molecular flexibility index (Phi) is 2.60. The van der Waals surface area contributed by atoms with E-state index in [1.807, 2.05) is 6.07 Å². The molecule has 4 aliphatic rings. The average molecular weight is 287 g/mol. The summed E-state index contributed by atoms with van der Waals surface area (Å²) in [5.41, 5.74) is 3.82. The molecule has 0 spiro atoms. The van der Waals surface area contributed by atoms with Crippen molar-refractivity contribution < 1.29 is 0 Å². The van der Waals surface area contributed by atoms with E-state index in [4.69, 9.17) is 5.84 Å². The molecule has 0 saturated heterocycles. The molecule has 5 rings (SSSR count). The lowest BCUT2D eigenvalue weighted by Gasteiger charge is -2.65. The zero-order valence-corrected chi connectivity index (χ0v) is 12.9. The van der Waals surface area contributed by atoms with E-state index in [2.05, 4.69) is 34.6 Å². The van der Waals surface area contributed by atoms with Crippen LogP contribution in [0.4, 0.5) is 11.6 Å². The van der Waals surface area contributed by atoms with Gasteiger partial charge in [-0.25, -0.2) is 15.8 Å². The maximum Gasteiger partial charge on any atom is 0.145 e. The minimum absolute atomic E-state index is 0.211. The number of hydrazine groups is 1. The lowest BCUT2D eigenvalue weighted by atomic mass is 9.43. The fraction of sp³-hybridized carbons (Fsp3) is 0.750. The Bertz CT molecular complexity index is 554. The summed E-state index contributed by atoms with van der Waals surface area (Å²) in [6.07, 6.45) is 9.59. The number of nitrogens with two attached hydrogens (primary N) is 1. The molecule has 114 valence electrons. The molecule has 4 saturated carbocycles. The molecule has 5 heteroatoms. The van der Waals surface area contributed by atoms with E-state index in [1.165, 1.54) is 38.5 Å². The predicted octanol–water partition coefficient (Wildman–Crippen LogP) is 2.92. The van der Waals surface area contributed by atoms with Crippen LogP contribution in [0, 0.1) is 16.7 Å². The highest BCUT2D eigenvalue weighted by Crippen LogP contribution is 2.66. The van der Waals surface area contributed by atoms with Gasteiger partial charge in [-0.05, 0) is 55.3 Å². The molecular weight excluding hydrogens is 262 g/mol. The van der Waals surface area contributed by atoms with E-state index < -0.39 is 0 Å². The van der Waals surface area contributed by atoms with Crippen molar-refractivity contribution in [1.82, 2.24) is 9.97 Å². The topological polar surface area (TPSA) is 75.9 Å². The molecule has 21 heavy (non-hydrogen) atoms. The van der Waals surface area contributed by atoms with Crippen molar-refractivity contribution in [2.45, 2.75) is 57.9 Å². The largest absolute Gasteiger partial charge is 0.364 e. The van der Waals surface area contributed by atoms with Gasteiger partial charge in [-0.2, -0.15) is 0 Å². The number of aromatic nitrogens is 2. The average Bonchev–Trinajstić information content (AvgIpc) is 2.33. The maximum absolute atomic E-state index is 5.45. The van der Waals surface area contributed by atoms with Crippen molar-refractivity contribution in [2.24, 2.45) is 22.6 Å². The standard InChI is InChI=1S/C16H25N5/c1-14-4-11-5-15(2,7-14)9-16(6-11,8-14)20-12-3-13(21-17)19-10-18-12/h3,10-11H,4-9,17H2,1-2H3,(H2,18,19,20,21). The second-order valence-electron chi connectivity index (χ2n) is 8.47. The Morgan fingerprint density at radius 3 is 2.33 bits per heavy atom. The number of nitrogen functional groups attached to an aromatic ring is 1. The van der Waals surface area contributed by atoms with Crippen LogP contribution in [0.5, 0.6) is 0 Å². The van der Waals surface area contributed by atoms with E-state index in [-0.39, 0.29) is 5.54 Å². The first-order chi connectivity index (χ1) is 9.92. The number of anilines is 2. The fourth-order valence-electron chi connectivity index (χ4n) is 6.36. The highest BCUT2D eigenvalue weighted by molar-refractivity contribution is 5.48. The summed E-state index contributed by atoms with van der Waals surface area (Å²) < 4.78 is 0. The van der Waals surface area contributed by atoms with Crippen LogP contribution < -0.4 is 16.6 Å². The molecule has 0 aliphatic heterocycles. The Morgan fingerprint density at radius 2 is 1.71 bits per heavy atom. The monoisotopic (exact) mass is 287 g/mol. The molecular formula is C16H25N5. The number of nitrogens with one attached hydrogen (secondary N) is 2. The lowest BCUT2D eigenvalue weighted by molar-refractivity contribution is -0.0973. The summed E-state index contributed by atoms with van der Waals surface area (Å²) in [6.45, 7) is 4.97. The molecule has 1 aromatic rings. The van der Waals surface area contributed by atoms with E-state index in [0.717, 1.165) is 11.7 Å². The van der Waals surface area contributed by atoms with Crippen LogP contribution in [0.2, 0.25) is 0 Å². The second-order valence-corrected chi connectivity index (χ2v) is 8.47. The summed E-state index contributed by atoms with van der Waals surface area (Å²) in [5, 5.41) is 3.76. The van der Waals surface area contributed by atoms with Crippen molar-refractivity contribution >= 4 is 11.6 Å². The molecule has 2 unspecified atom stereocenters. The third kappa shape index (κ3) is 2.18. The van der Waals surface area contributed by atoms with Gasteiger partial charge in [0.05, 0.1) is 0 Å². The third-order valence-corrected chi connectivity index (χ3v) is 5.83. The minimum Gasteiger partial charge on any atom is -0.364 e. The molecule has 1 aromatic heterocycles. The van der Waals surface area contributed by atoms with Gasteiger partial charge in [0, 0.05) is 11.6 Å². The number of hydrogen-bond donors (Lipinski definition) is 3. The molecule has 0 radical (unpaired) electrons. The van der Waals surface area contributed by atoms with Crippen molar-refractivity contribution in [2.75, 3.05) is 10.7 Å². The van der Waals surface area contributed by atoms with Gasteiger partial charge in [-0.15, -0.1) is 0 Å². The van der Waals surface area contributed by atoms with Crippen LogP contribution in [-0.4, -0.2) is 15.5 Å². The Hall–Kier alpha value is -1.36. The SMILES string of the molecule is CC12CC3CC(C)(C1)CC(Nc1cc(NN)ncn1)(C3)C2. The van der Waals surface area contributed by atoms with Crippen LogP contribution in [-0.2, 0) is 0 Å². The van der Waals surface area contributed by atoms with Crippen molar-refractivity contribution in [1.29, 1.82) is 0 Å². The summed E-state index contributed by atoms with van der Waals surface area (Å²) in [6, 6.07) is 1.91. The minimum atomic E-state index is 0.211. The van der Waals surface area contributed by atoms with Crippen LogP contribution in [0.15, 0.2) is 12.4 Å². The quantitative estimate of drug-likeness (QED) is 0.588. The van der Waals surface area contributed by atoms with Gasteiger partial charge in [0.1, 0.15) is 18.0 Å².